The van der Waals surface area contributed by atoms with Crippen LogP contribution in [0.3, 0.4) is 0 Å². The molecule has 2 aromatic rings. The minimum atomic E-state index is 0.0242. The van der Waals surface area contributed by atoms with E-state index < -0.39 is 0 Å². The van der Waals surface area contributed by atoms with Crippen LogP contribution in [-0.2, 0) is 10.8 Å². The molecule has 0 fully saturated rings. The van der Waals surface area contributed by atoms with Gasteiger partial charge >= 0.3 is 0 Å². The average molecular weight is 251 g/mol. The van der Waals surface area contributed by atoms with E-state index in [0.29, 0.717) is 0 Å². The van der Waals surface area contributed by atoms with E-state index in [2.05, 4.69) is 89.2 Å². The van der Waals surface area contributed by atoms with Crippen LogP contribution in [-0.4, -0.2) is 0 Å². The Morgan fingerprint density at radius 1 is 0.789 bits per heavy atom. The summed E-state index contributed by atoms with van der Waals surface area (Å²) in [6, 6.07) is 20.6. The first-order chi connectivity index (χ1) is 8.82. The fraction of sp³-hybridized carbons (Fsp3) is 0.368. The monoisotopic (exact) mass is 251 g/mol. The van der Waals surface area contributed by atoms with Gasteiger partial charge in [-0.15, -0.1) is 0 Å². The summed E-state index contributed by atoms with van der Waals surface area (Å²) in [5.74, 6) is 0. The summed E-state index contributed by atoms with van der Waals surface area (Å²) in [5.41, 5.74) is 4.14. The van der Waals surface area contributed by atoms with E-state index in [-0.39, 0.29) is 10.8 Å². The minimum absolute atomic E-state index is 0.0242. The Morgan fingerprint density at radius 3 is 2.00 bits per heavy atom. The Balaban J connectivity index is 2.47. The van der Waals surface area contributed by atoms with Crippen LogP contribution < -0.4 is 0 Å². The largest absolute Gasteiger partial charge is 0.0622 e. The molecule has 2 aromatic carbocycles. The van der Waals surface area contributed by atoms with E-state index in [9.17, 15) is 0 Å². The first-order valence-corrected chi connectivity index (χ1v) is 6.90. The van der Waals surface area contributed by atoms with Gasteiger partial charge in [0.2, 0.25) is 0 Å². The topological polar surface area (TPSA) is 0 Å². The fourth-order valence-corrected chi connectivity index (χ4v) is 2.31. The number of hydrogen-bond donors (Lipinski definition) is 0. The molecule has 0 spiro atoms. The fourth-order valence-electron chi connectivity index (χ4n) is 2.31. The molecule has 0 aliphatic rings. The molecular weight excluding hydrogens is 228 g/mol. The molecule has 0 nitrogen and oxygen atoms in total. The normalized spacial score (nSPS) is 12.5. The van der Waals surface area contributed by atoms with Crippen LogP contribution in [0.2, 0.25) is 0 Å². The molecule has 0 unspecified atom stereocenters. The van der Waals surface area contributed by atoms with Gasteiger partial charge < -0.3 is 0 Å². The number of hydrogen-bond acceptors (Lipinski definition) is 0. The summed E-state index contributed by atoms with van der Waals surface area (Å²) in [7, 11) is 0. The van der Waals surface area contributed by atoms with Gasteiger partial charge in [-0.25, -0.2) is 0 Å². The van der Waals surface area contributed by atoms with Crippen molar-refractivity contribution in [2.45, 2.75) is 45.4 Å². The zero-order valence-corrected chi connectivity index (χ0v) is 12.6. The molecule has 0 heterocycles. The zero-order valence-electron chi connectivity index (χ0n) is 12.6. The van der Waals surface area contributed by atoms with Gasteiger partial charge in [0.1, 0.15) is 0 Å². The van der Waals surface area contributed by atoms with Gasteiger partial charge in [0.25, 0.3) is 0 Å². The molecule has 19 heavy (non-hydrogen) atoms. The molecule has 0 aromatic heterocycles. The highest BCUT2D eigenvalue weighted by atomic mass is 14.3. The summed E-state index contributed by atoms with van der Waals surface area (Å²) in [4.78, 5) is 0. The highest BCUT2D eigenvalue weighted by Crippen LogP contribution is 2.33. The van der Waals surface area contributed by atoms with E-state index in [1.54, 1.807) is 0 Å². The third-order valence-corrected chi connectivity index (χ3v) is 3.83. The molecule has 0 bridgehead atoms. The molecule has 0 aliphatic heterocycles. The Kier molecular flexibility index (Phi) is 3.54. The van der Waals surface area contributed by atoms with Crippen molar-refractivity contribution in [3.63, 3.8) is 0 Å². The quantitative estimate of drug-likeness (QED) is 0.695. The summed E-state index contributed by atoms with van der Waals surface area (Å²) in [6.07, 6.45) is 0. The van der Waals surface area contributed by atoms with Gasteiger partial charge in [0.15, 0.2) is 0 Å². The van der Waals surface area contributed by atoms with Gasteiger partial charge in [-0.1, -0.05) is 83.1 Å². The van der Waals surface area contributed by atoms with Gasteiger partial charge in [-0.05, 0) is 28.2 Å². The van der Waals surface area contributed by atoms with Gasteiger partial charge in [-0.2, -0.15) is 0 Å². The molecule has 0 atom stereocenters. The standard InChI is InChI=1S/C19H23/c1-18(2,3)16-12-9-13-17(14-16)19(4,5)15-10-7-6-8-11-15/h6-11,13-14H,1-5H3. The van der Waals surface area contributed by atoms with Crippen LogP contribution in [0.25, 0.3) is 0 Å². The van der Waals surface area contributed by atoms with Crippen molar-refractivity contribution < 1.29 is 0 Å². The SMILES string of the molecule is CC(C)(C)c1[c]ccc(C(C)(C)c2ccccc2)c1. The minimum Gasteiger partial charge on any atom is -0.0622 e. The van der Waals surface area contributed by atoms with Crippen molar-refractivity contribution in [3.8, 4) is 0 Å². The Morgan fingerprint density at radius 2 is 1.42 bits per heavy atom. The average Bonchev–Trinajstić information content (AvgIpc) is 2.39. The van der Waals surface area contributed by atoms with Crippen molar-refractivity contribution in [2.75, 3.05) is 0 Å². The third-order valence-electron chi connectivity index (χ3n) is 3.83. The molecule has 0 saturated carbocycles. The summed E-state index contributed by atoms with van der Waals surface area (Å²) in [6.45, 7) is 11.3. The predicted molar refractivity (Wildman–Crippen MR) is 82.5 cm³/mol. The van der Waals surface area contributed by atoms with E-state index in [4.69, 9.17) is 0 Å². The van der Waals surface area contributed by atoms with Crippen LogP contribution in [0.4, 0.5) is 0 Å². The maximum atomic E-state index is 3.37. The van der Waals surface area contributed by atoms with E-state index >= 15 is 0 Å². The van der Waals surface area contributed by atoms with Crippen molar-refractivity contribution >= 4 is 0 Å². The van der Waals surface area contributed by atoms with Crippen LogP contribution in [0.5, 0.6) is 0 Å². The number of benzene rings is 2. The highest BCUT2D eigenvalue weighted by Gasteiger charge is 2.24. The molecule has 0 N–H and O–H groups in total. The second kappa shape index (κ2) is 4.85. The van der Waals surface area contributed by atoms with E-state index in [1.165, 1.54) is 16.7 Å². The van der Waals surface area contributed by atoms with Crippen LogP contribution in [0, 0.1) is 6.07 Å². The Hall–Kier alpha value is -1.56. The maximum Gasteiger partial charge on any atom is 0.0146 e. The Labute approximate surface area is 117 Å². The lowest BCUT2D eigenvalue weighted by atomic mass is 9.76. The predicted octanol–water partition coefficient (Wildman–Crippen LogP) is 5.11. The lowest BCUT2D eigenvalue weighted by Crippen LogP contribution is -2.20. The first-order valence-electron chi connectivity index (χ1n) is 6.90. The Bertz CT molecular complexity index is 542. The second-order valence-corrected chi connectivity index (χ2v) is 6.73. The van der Waals surface area contributed by atoms with E-state index in [0.717, 1.165) is 0 Å². The molecule has 0 heteroatoms. The lowest BCUT2D eigenvalue weighted by molar-refractivity contribution is 0.581. The zero-order chi connectivity index (χ0) is 14.1. The van der Waals surface area contributed by atoms with Crippen LogP contribution in [0.1, 0.15) is 51.3 Å². The highest BCUT2D eigenvalue weighted by molar-refractivity contribution is 5.40. The molecule has 0 amide bonds. The second-order valence-electron chi connectivity index (χ2n) is 6.73. The maximum absolute atomic E-state index is 3.37. The molecule has 99 valence electrons. The first kappa shape index (κ1) is 13.9. The van der Waals surface area contributed by atoms with Crippen LogP contribution >= 0.6 is 0 Å². The third kappa shape index (κ3) is 2.89. The van der Waals surface area contributed by atoms with Gasteiger partial charge in [0, 0.05) is 5.41 Å². The molecule has 0 saturated heterocycles. The van der Waals surface area contributed by atoms with Crippen molar-refractivity contribution in [2.24, 2.45) is 0 Å². The molecule has 2 rings (SSSR count). The molecular formula is C19H23. The van der Waals surface area contributed by atoms with E-state index in [1.807, 2.05) is 0 Å². The lowest BCUT2D eigenvalue weighted by Gasteiger charge is -2.28. The van der Waals surface area contributed by atoms with Crippen molar-refractivity contribution in [1.29, 1.82) is 0 Å². The molecule has 1 radical (unpaired) electrons. The van der Waals surface area contributed by atoms with Gasteiger partial charge in [0.05, 0.1) is 0 Å². The van der Waals surface area contributed by atoms with Crippen LogP contribution in [0.15, 0.2) is 48.5 Å². The molecule has 0 aliphatic carbocycles. The smallest absolute Gasteiger partial charge is 0.0146 e. The summed E-state index contributed by atoms with van der Waals surface area (Å²) in [5, 5.41) is 0. The van der Waals surface area contributed by atoms with Crippen molar-refractivity contribution in [3.05, 3.63) is 71.3 Å². The number of rotatable bonds is 2. The van der Waals surface area contributed by atoms with Crippen molar-refractivity contribution in [1.82, 2.24) is 0 Å². The summed E-state index contributed by atoms with van der Waals surface area (Å²) < 4.78 is 0. The van der Waals surface area contributed by atoms with Gasteiger partial charge in [-0.3, -0.25) is 0 Å². The summed E-state index contributed by atoms with van der Waals surface area (Å²) >= 11 is 0.